The second-order valence-corrected chi connectivity index (χ2v) is 14.5. The van der Waals surface area contributed by atoms with Crippen LogP contribution in [0.2, 0.25) is 0 Å². The summed E-state index contributed by atoms with van der Waals surface area (Å²) < 4.78 is 80.3. The van der Waals surface area contributed by atoms with Crippen molar-refractivity contribution in [2.75, 3.05) is 0 Å². The summed E-state index contributed by atoms with van der Waals surface area (Å²) in [4.78, 5) is 28.1. The standard InChI is InChI=1S/C40H35F3N6O5S.H3N/c1-23-24(2)31(20-36(25(23)3)55(52,53)54)19-28-9-13-30(14-10-28)26(4)46-38(50)48-37(35-17-18-45-49(35)33-15-11-29(22-44)12-16-33)27(5)47(39(48)51)34-8-6-7-32(21-34)40(41,42)43;/h6-18,20-21,26H,19H2,1-5H3,(H,46,50)(H,52,53,54);1H3/t26-;/m0./s1. The molecule has 1 amide bonds. The molecule has 0 fully saturated rings. The van der Waals surface area contributed by atoms with Crippen LogP contribution in [-0.2, 0) is 22.7 Å². The third-order valence-corrected chi connectivity index (χ3v) is 10.8. The number of nitrogens with zero attached hydrogens (tertiary/aromatic N) is 5. The SMILES string of the molecule is Cc1c(Cc2ccc([C@H](C)NC(=O)n3c(-c4ccnn4-c4ccc(C#N)cc4)c(C)n(-c4cccc(C(F)(F)F)c4)c3=O)cc2)cc(S(=O)(=O)[O-])c(C)c1C.[NH4+]. The number of alkyl halides is 3. The van der Waals surface area contributed by atoms with Gasteiger partial charge in [0.15, 0.2) is 0 Å². The van der Waals surface area contributed by atoms with E-state index in [0.29, 0.717) is 39.9 Å². The topological polar surface area (TPSA) is 191 Å². The molecule has 0 saturated heterocycles. The molecule has 0 bridgehead atoms. The maximum Gasteiger partial charge on any atom is 0.416 e. The molecule has 6 rings (SSSR count). The number of quaternary nitrogens is 1. The van der Waals surface area contributed by atoms with Gasteiger partial charge >= 0.3 is 17.9 Å². The molecule has 12 nitrogen and oxygen atoms in total. The minimum atomic E-state index is -4.69. The molecule has 2 heterocycles. The number of nitriles is 1. The highest BCUT2D eigenvalue weighted by Crippen LogP contribution is 2.33. The number of halogens is 3. The highest BCUT2D eigenvalue weighted by Gasteiger charge is 2.32. The number of imidazole rings is 1. The van der Waals surface area contributed by atoms with Crippen LogP contribution in [-0.4, -0.2) is 37.9 Å². The van der Waals surface area contributed by atoms with Gasteiger partial charge in [-0.2, -0.15) is 23.5 Å². The highest BCUT2D eigenvalue weighted by atomic mass is 32.2. The molecule has 4 aromatic carbocycles. The average molecular weight is 786 g/mol. The van der Waals surface area contributed by atoms with Gasteiger partial charge in [0.2, 0.25) is 0 Å². The lowest BCUT2D eigenvalue weighted by Gasteiger charge is -2.19. The maximum absolute atomic E-state index is 14.2. The van der Waals surface area contributed by atoms with Crippen LogP contribution in [0.3, 0.4) is 0 Å². The Balaban J connectivity index is 0.00000600. The van der Waals surface area contributed by atoms with Crippen LogP contribution in [0.15, 0.2) is 101 Å². The van der Waals surface area contributed by atoms with Gasteiger partial charge in [0.25, 0.3) is 0 Å². The van der Waals surface area contributed by atoms with Crippen LogP contribution >= 0.6 is 0 Å². The molecule has 0 aliphatic heterocycles. The summed E-state index contributed by atoms with van der Waals surface area (Å²) in [5.41, 5.74) is 3.58. The quantitative estimate of drug-likeness (QED) is 0.147. The second kappa shape index (κ2) is 15.5. The van der Waals surface area contributed by atoms with Crippen molar-refractivity contribution >= 4 is 16.1 Å². The van der Waals surface area contributed by atoms with E-state index in [4.69, 9.17) is 0 Å². The lowest BCUT2D eigenvalue weighted by molar-refractivity contribution is -0.137. The molecule has 0 saturated carbocycles. The molecule has 56 heavy (non-hydrogen) atoms. The Kier molecular flexibility index (Phi) is 11.3. The molecule has 5 N–H and O–H groups in total. The van der Waals surface area contributed by atoms with Gasteiger partial charge in [-0.1, -0.05) is 30.3 Å². The smallest absolute Gasteiger partial charge is 0.416 e. The van der Waals surface area contributed by atoms with Crippen LogP contribution in [0.4, 0.5) is 18.0 Å². The predicted molar refractivity (Wildman–Crippen MR) is 203 cm³/mol. The molecule has 0 unspecified atom stereocenters. The van der Waals surface area contributed by atoms with E-state index in [1.807, 2.05) is 13.0 Å². The summed E-state index contributed by atoms with van der Waals surface area (Å²) in [6.45, 7) is 8.45. The molecule has 2 aromatic heterocycles. The van der Waals surface area contributed by atoms with Gasteiger partial charge in [-0.15, -0.1) is 0 Å². The summed E-state index contributed by atoms with van der Waals surface area (Å²) in [5, 5.41) is 16.5. The largest absolute Gasteiger partial charge is 0.744 e. The highest BCUT2D eigenvalue weighted by molar-refractivity contribution is 7.85. The Bertz CT molecular complexity index is 2670. The Morgan fingerprint density at radius 1 is 0.929 bits per heavy atom. The van der Waals surface area contributed by atoms with E-state index < -0.39 is 39.6 Å². The van der Waals surface area contributed by atoms with Crippen molar-refractivity contribution in [3.05, 3.63) is 152 Å². The number of nitrogens with one attached hydrogen (secondary N) is 1. The maximum atomic E-state index is 14.2. The molecular formula is C40H38F3N7O5S. The molecule has 1 atom stereocenters. The van der Waals surface area contributed by atoms with Crippen LogP contribution in [0.1, 0.15) is 63.2 Å². The van der Waals surface area contributed by atoms with Crippen molar-refractivity contribution in [2.45, 2.75) is 58.2 Å². The fraction of sp³-hybridized carbons (Fsp3) is 0.200. The summed E-state index contributed by atoms with van der Waals surface area (Å²) in [5.74, 6) is 0. The Morgan fingerprint density at radius 2 is 1.59 bits per heavy atom. The number of amides is 1. The molecule has 0 radical (unpaired) electrons. The zero-order valence-corrected chi connectivity index (χ0v) is 32.1. The molecule has 0 aliphatic rings. The van der Waals surface area contributed by atoms with E-state index in [-0.39, 0.29) is 33.8 Å². The van der Waals surface area contributed by atoms with Crippen molar-refractivity contribution in [3.63, 3.8) is 0 Å². The fourth-order valence-corrected chi connectivity index (χ4v) is 7.40. The number of aromatic nitrogens is 4. The van der Waals surface area contributed by atoms with Gasteiger partial charge in [0.05, 0.1) is 57.1 Å². The summed E-state index contributed by atoms with van der Waals surface area (Å²) in [7, 11) is -4.68. The van der Waals surface area contributed by atoms with E-state index in [9.17, 15) is 41.0 Å². The normalized spacial score (nSPS) is 12.1. The first-order valence-electron chi connectivity index (χ1n) is 16.9. The molecule has 0 spiro atoms. The van der Waals surface area contributed by atoms with Gasteiger partial charge in [-0.05, 0) is 129 Å². The van der Waals surface area contributed by atoms with Crippen molar-refractivity contribution in [1.29, 1.82) is 5.26 Å². The van der Waals surface area contributed by atoms with Gasteiger partial charge < -0.3 is 16.0 Å². The second-order valence-electron chi connectivity index (χ2n) is 13.2. The van der Waals surface area contributed by atoms with Crippen LogP contribution in [0.25, 0.3) is 22.8 Å². The van der Waals surface area contributed by atoms with E-state index in [1.54, 1.807) is 75.4 Å². The lowest BCUT2D eigenvalue weighted by atomic mass is 9.94. The number of hydrogen-bond acceptors (Lipinski definition) is 7. The lowest BCUT2D eigenvalue weighted by Crippen LogP contribution is -2.38. The number of hydrogen-bond donors (Lipinski definition) is 2. The molecule has 0 aliphatic carbocycles. The first-order chi connectivity index (χ1) is 25.9. The Labute approximate surface area is 320 Å². The van der Waals surface area contributed by atoms with Gasteiger partial charge in [0.1, 0.15) is 15.8 Å². The Hall–Kier alpha value is -6.28. The molecule has 16 heteroatoms. The first-order valence-corrected chi connectivity index (χ1v) is 18.3. The van der Waals surface area contributed by atoms with Crippen LogP contribution < -0.4 is 17.2 Å². The molecular weight excluding hydrogens is 748 g/mol. The Morgan fingerprint density at radius 3 is 2.20 bits per heavy atom. The predicted octanol–water partition coefficient (Wildman–Crippen LogP) is 7.81. The van der Waals surface area contributed by atoms with Crippen LogP contribution in [0.5, 0.6) is 0 Å². The summed E-state index contributed by atoms with van der Waals surface area (Å²) in [6.07, 6.45) is -2.90. The first kappa shape index (κ1) is 40.9. The average Bonchev–Trinajstić information content (AvgIpc) is 3.72. The number of carbonyl (C=O) groups excluding carboxylic acids is 1. The minimum Gasteiger partial charge on any atom is -0.744 e. The van der Waals surface area contributed by atoms with Crippen molar-refractivity contribution < 1.29 is 30.9 Å². The third kappa shape index (κ3) is 7.78. The van der Waals surface area contributed by atoms with Crippen molar-refractivity contribution in [2.24, 2.45) is 0 Å². The molecule has 290 valence electrons. The number of benzene rings is 4. The van der Waals surface area contributed by atoms with Crippen molar-refractivity contribution in [3.8, 4) is 28.8 Å². The number of rotatable bonds is 8. The fourth-order valence-electron chi connectivity index (χ4n) is 6.59. The van der Waals surface area contributed by atoms with Gasteiger partial charge in [-0.25, -0.2) is 27.3 Å². The molecule has 6 aromatic rings. The van der Waals surface area contributed by atoms with E-state index in [0.717, 1.165) is 32.4 Å². The third-order valence-electron chi connectivity index (χ3n) is 9.81. The summed E-state index contributed by atoms with van der Waals surface area (Å²) >= 11 is 0. The van der Waals surface area contributed by atoms with Crippen molar-refractivity contribution in [1.82, 2.24) is 30.4 Å². The van der Waals surface area contributed by atoms with Gasteiger partial charge in [-0.3, -0.25) is 4.57 Å². The van der Waals surface area contributed by atoms with Gasteiger partial charge in [0, 0.05) is 0 Å². The van der Waals surface area contributed by atoms with E-state index in [1.165, 1.54) is 36.0 Å². The van der Waals surface area contributed by atoms with E-state index >= 15 is 0 Å². The van der Waals surface area contributed by atoms with Crippen LogP contribution in [0, 0.1) is 39.0 Å². The minimum absolute atomic E-state index is 0. The zero-order chi connectivity index (χ0) is 40.0. The summed E-state index contributed by atoms with van der Waals surface area (Å²) in [6, 6.07) is 21.3. The number of carbonyl (C=O) groups is 1. The monoisotopic (exact) mass is 785 g/mol. The van der Waals surface area contributed by atoms with E-state index in [2.05, 4.69) is 10.4 Å². The zero-order valence-electron chi connectivity index (χ0n) is 31.3.